The molecule has 0 fully saturated rings. The van der Waals surface area contributed by atoms with Crippen molar-refractivity contribution in [2.45, 2.75) is 4.90 Å². The Kier molecular flexibility index (Phi) is 6.59. The number of methoxy groups -OCH3 is 2. The van der Waals surface area contributed by atoms with Gasteiger partial charge < -0.3 is 19.5 Å². The van der Waals surface area contributed by atoms with E-state index in [1.165, 1.54) is 25.3 Å². The van der Waals surface area contributed by atoms with Crippen molar-refractivity contribution in [1.29, 1.82) is 0 Å². The molecular formula is C18H21NO6S. The number of nitrogens with one attached hydrogen (secondary N) is 1. The second-order valence-electron chi connectivity index (χ2n) is 5.46. The molecular weight excluding hydrogens is 358 g/mol. The Morgan fingerprint density at radius 1 is 1.04 bits per heavy atom. The first-order valence-electron chi connectivity index (χ1n) is 7.76. The third-order valence-electron chi connectivity index (χ3n) is 3.49. The summed E-state index contributed by atoms with van der Waals surface area (Å²) in [5, 5.41) is 2.72. The Labute approximate surface area is 152 Å². The third kappa shape index (κ3) is 5.21. The fraction of sp³-hybridized carbons (Fsp3) is 0.278. The molecule has 0 bridgehead atoms. The van der Waals surface area contributed by atoms with E-state index in [-0.39, 0.29) is 10.5 Å². The molecule has 0 heterocycles. The maximum atomic E-state index is 12.4. The first kappa shape index (κ1) is 19.7. The highest BCUT2D eigenvalue weighted by molar-refractivity contribution is 7.90. The van der Waals surface area contributed by atoms with E-state index in [9.17, 15) is 13.2 Å². The van der Waals surface area contributed by atoms with Gasteiger partial charge >= 0.3 is 0 Å². The molecule has 1 N–H and O–H groups in total. The molecule has 1 amide bonds. The summed E-state index contributed by atoms with van der Waals surface area (Å²) in [6.07, 6.45) is 1.09. The van der Waals surface area contributed by atoms with E-state index in [0.29, 0.717) is 30.4 Å². The van der Waals surface area contributed by atoms with Crippen molar-refractivity contribution in [1.82, 2.24) is 0 Å². The lowest BCUT2D eigenvalue weighted by molar-refractivity contribution is 0.102. The number of ether oxygens (including phenoxy) is 3. The van der Waals surface area contributed by atoms with Crippen molar-refractivity contribution < 1.29 is 27.4 Å². The molecule has 0 aromatic heterocycles. The molecule has 140 valence electrons. The number of carbonyl (C=O) groups excluding carboxylic acids is 1. The minimum absolute atomic E-state index is 0.0865. The molecule has 2 aromatic rings. The standard InChI is InChI=1S/C18H21NO6S/c1-23-9-10-25-17-12-14(7-8-16(17)24-2)19-18(20)13-5-4-6-15(11-13)26(3,21)22/h4-8,11-12H,9-10H2,1-3H3,(H,19,20). The predicted molar refractivity (Wildman–Crippen MR) is 97.9 cm³/mol. The van der Waals surface area contributed by atoms with Gasteiger partial charge in [0.15, 0.2) is 21.3 Å². The maximum Gasteiger partial charge on any atom is 0.255 e. The maximum absolute atomic E-state index is 12.4. The van der Waals surface area contributed by atoms with Gasteiger partial charge in [-0.15, -0.1) is 0 Å². The van der Waals surface area contributed by atoms with Crippen LogP contribution in [0.25, 0.3) is 0 Å². The molecule has 0 spiro atoms. The Balaban J connectivity index is 2.19. The first-order chi connectivity index (χ1) is 12.3. The molecule has 0 aliphatic rings. The number of amides is 1. The van der Waals surface area contributed by atoms with Crippen LogP contribution in [0.4, 0.5) is 5.69 Å². The molecule has 2 rings (SSSR count). The van der Waals surface area contributed by atoms with Gasteiger partial charge in [-0.1, -0.05) is 6.07 Å². The van der Waals surface area contributed by atoms with E-state index in [1.807, 2.05) is 0 Å². The van der Waals surface area contributed by atoms with Crippen LogP contribution in [0.3, 0.4) is 0 Å². The van der Waals surface area contributed by atoms with E-state index >= 15 is 0 Å². The van der Waals surface area contributed by atoms with E-state index in [4.69, 9.17) is 14.2 Å². The molecule has 8 heteroatoms. The molecule has 0 aliphatic carbocycles. The summed E-state index contributed by atoms with van der Waals surface area (Å²) in [7, 11) is -0.296. The van der Waals surface area contributed by atoms with Gasteiger partial charge in [0.25, 0.3) is 5.91 Å². The lowest BCUT2D eigenvalue weighted by Crippen LogP contribution is -2.13. The van der Waals surface area contributed by atoms with E-state index < -0.39 is 15.7 Å². The minimum atomic E-state index is -3.39. The molecule has 2 aromatic carbocycles. The summed E-state index contributed by atoms with van der Waals surface area (Å²) < 4.78 is 39.0. The number of benzene rings is 2. The van der Waals surface area contributed by atoms with Gasteiger partial charge in [0, 0.05) is 30.7 Å². The van der Waals surface area contributed by atoms with Crippen LogP contribution >= 0.6 is 0 Å². The molecule has 26 heavy (non-hydrogen) atoms. The summed E-state index contributed by atoms with van der Waals surface area (Å²) in [6.45, 7) is 0.749. The van der Waals surface area contributed by atoms with Crippen molar-refractivity contribution in [3.63, 3.8) is 0 Å². The molecule has 0 aliphatic heterocycles. The minimum Gasteiger partial charge on any atom is -0.493 e. The van der Waals surface area contributed by atoms with Gasteiger partial charge in [0.2, 0.25) is 0 Å². The van der Waals surface area contributed by atoms with Crippen molar-refractivity contribution in [3.8, 4) is 11.5 Å². The van der Waals surface area contributed by atoms with Crippen LogP contribution in [0.5, 0.6) is 11.5 Å². The Morgan fingerprint density at radius 2 is 1.81 bits per heavy atom. The zero-order chi connectivity index (χ0) is 19.2. The number of carbonyl (C=O) groups is 1. The number of sulfone groups is 1. The summed E-state index contributed by atoms with van der Waals surface area (Å²) in [5.41, 5.74) is 0.735. The molecule has 0 unspecified atom stereocenters. The van der Waals surface area contributed by atoms with Crippen LogP contribution in [-0.2, 0) is 14.6 Å². The number of rotatable bonds is 8. The van der Waals surface area contributed by atoms with Crippen LogP contribution in [0.15, 0.2) is 47.4 Å². The molecule has 0 radical (unpaired) electrons. The van der Waals surface area contributed by atoms with Crippen LogP contribution in [0.2, 0.25) is 0 Å². The Hall–Kier alpha value is -2.58. The molecule has 7 nitrogen and oxygen atoms in total. The average molecular weight is 379 g/mol. The monoisotopic (exact) mass is 379 g/mol. The van der Waals surface area contributed by atoms with Gasteiger partial charge in [0.05, 0.1) is 18.6 Å². The summed E-state index contributed by atoms with van der Waals surface area (Å²) in [5.74, 6) is 0.564. The van der Waals surface area contributed by atoms with Gasteiger partial charge in [-0.05, 0) is 30.3 Å². The molecule has 0 saturated carbocycles. The van der Waals surface area contributed by atoms with Gasteiger partial charge in [0.1, 0.15) is 6.61 Å². The highest BCUT2D eigenvalue weighted by Crippen LogP contribution is 2.30. The fourth-order valence-corrected chi connectivity index (χ4v) is 2.84. The van der Waals surface area contributed by atoms with Crippen molar-refractivity contribution in [3.05, 3.63) is 48.0 Å². The normalized spacial score (nSPS) is 11.0. The predicted octanol–water partition coefficient (Wildman–Crippen LogP) is 2.38. The van der Waals surface area contributed by atoms with Gasteiger partial charge in [-0.25, -0.2) is 8.42 Å². The molecule has 0 atom stereocenters. The van der Waals surface area contributed by atoms with Crippen LogP contribution in [0.1, 0.15) is 10.4 Å². The molecule has 0 saturated heterocycles. The van der Waals surface area contributed by atoms with Gasteiger partial charge in [-0.3, -0.25) is 4.79 Å². The van der Waals surface area contributed by atoms with Crippen molar-refractivity contribution >= 4 is 21.4 Å². The second kappa shape index (κ2) is 8.68. The highest BCUT2D eigenvalue weighted by atomic mass is 32.2. The summed E-state index contributed by atoms with van der Waals surface area (Å²) >= 11 is 0. The van der Waals surface area contributed by atoms with Crippen molar-refractivity contribution in [2.75, 3.05) is 39.0 Å². The smallest absolute Gasteiger partial charge is 0.255 e. The number of anilines is 1. The lowest BCUT2D eigenvalue weighted by Gasteiger charge is -2.13. The number of hydrogen-bond acceptors (Lipinski definition) is 6. The van der Waals surface area contributed by atoms with Crippen LogP contribution < -0.4 is 14.8 Å². The topological polar surface area (TPSA) is 90.9 Å². The Morgan fingerprint density at radius 3 is 2.46 bits per heavy atom. The third-order valence-corrected chi connectivity index (χ3v) is 4.60. The van der Waals surface area contributed by atoms with Crippen LogP contribution in [0, 0.1) is 0 Å². The Bertz CT molecular complexity index is 879. The zero-order valence-electron chi connectivity index (χ0n) is 14.8. The lowest BCUT2D eigenvalue weighted by atomic mass is 10.2. The quantitative estimate of drug-likeness (QED) is 0.708. The SMILES string of the molecule is COCCOc1cc(NC(=O)c2cccc(S(C)(=O)=O)c2)ccc1OC. The van der Waals surface area contributed by atoms with Crippen LogP contribution in [-0.4, -0.2) is 48.0 Å². The van der Waals surface area contributed by atoms with Gasteiger partial charge in [-0.2, -0.15) is 0 Å². The van der Waals surface area contributed by atoms with E-state index in [0.717, 1.165) is 6.26 Å². The second-order valence-corrected chi connectivity index (χ2v) is 7.48. The zero-order valence-corrected chi connectivity index (χ0v) is 15.6. The van der Waals surface area contributed by atoms with E-state index in [2.05, 4.69) is 5.32 Å². The fourth-order valence-electron chi connectivity index (χ4n) is 2.17. The first-order valence-corrected chi connectivity index (χ1v) is 9.65. The largest absolute Gasteiger partial charge is 0.493 e. The van der Waals surface area contributed by atoms with Crippen molar-refractivity contribution in [2.24, 2.45) is 0 Å². The number of hydrogen-bond donors (Lipinski definition) is 1. The summed E-state index contributed by atoms with van der Waals surface area (Å²) in [6, 6.07) is 10.8. The van der Waals surface area contributed by atoms with E-state index in [1.54, 1.807) is 31.4 Å². The average Bonchev–Trinajstić information content (AvgIpc) is 2.61. The highest BCUT2D eigenvalue weighted by Gasteiger charge is 2.13. The summed E-state index contributed by atoms with van der Waals surface area (Å²) in [4.78, 5) is 12.5.